The summed E-state index contributed by atoms with van der Waals surface area (Å²) in [5, 5.41) is 3.32. The molecule has 0 nitrogen and oxygen atoms in total. The molecule has 1 aromatic heterocycles. The first-order valence-electron chi connectivity index (χ1n) is 6.60. The zero-order chi connectivity index (χ0) is 14.4. The van der Waals surface area contributed by atoms with Crippen molar-refractivity contribution in [3.63, 3.8) is 0 Å². The standard InChI is InChI=1S/C18H10BrClS/c19-16-17(20)13(11-6-2-1-3-7-11)10-14-12-8-4-5-9-15(12)21-18(14)16/h1-10H. The molecule has 0 aliphatic rings. The topological polar surface area (TPSA) is 0 Å². The Morgan fingerprint density at radius 3 is 2.38 bits per heavy atom. The van der Waals surface area contributed by atoms with E-state index in [-0.39, 0.29) is 0 Å². The van der Waals surface area contributed by atoms with Crippen LogP contribution in [0.5, 0.6) is 0 Å². The highest BCUT2D eigenvalue weighted by atomic mass is 79.9. The number of hydrogen-bond donors (Lipinski definition) is 0. The van der Waals surface area contributed by atoms with Crippen molar-refractivity contribution in [1.82, 2.24) is 0 Å². The van der Waals surface area contributed by atoms with Crippen molar-refractivity contribution < 1.29 is 0 Å². The van der Waals surface area contributed by atoms with Crippen LogP contribution >= 0.6 is 38.9 Å². The summed E-state index contributed by atoms with van der Waals surface area (Å²) in [4.78, 5) is 0. The van der Waals surface area contributed by atoms with Crippen molar-refractivity contribution in [2.75, 3.05) is 0 Å². The molecule has 0 spiro atoms. The molecule has 0 aliphatic heterocycles. The molecule has 3 heteroatoms. The molecule has 1 heterocycles. The predicted molar refractivity (Wildman–Crippen MR) is 97.5 cm³/mol. The molecule has 0 atom stereocenters. The molecule has 0 fully saturated rings. The number of halogens is 2. The van der Waals surface area contributed by atoms with E-state index in [1.165, 1.54) is 20.2 Å². The van der Waals surface area contributed by atoms with E-state index < -0.39 is 0 Å². The van der Waals surface area contributed by atoms with Crippen LogP contribution in [0.15, 0.2) is 65.1 Å². The lowest BCUT2D eigenvalue weighted by molar-refractivity contribution is 1.64. The molecule has 102 valence electrons. The molecule has 0 amide bonds. The maximum absolute atomic E-state index is 6.59. The van der Waals surface area contributed by atoms with Gasteiger partial charge >= 0.3 is 0 Å². The van der Waals surface area contributed by atoms with Crippen LogP contribution in [-0.4, -0.2) is 0 Å². The minimum absolute atomic E-state index is 0.778. The molecule has 3 aromatic carbocycles. The number of benzene rings is 3. The van der Waals surface area contributed by atoms with Crippen molar-refractivity contribution in [2.24, 2.45) is 0 Å². The lowest BCUT2D eigenvalue weighted by Gasteiger charge is -2.08. The Morgan fingerprint density at radius 2 is 1.57 bits per heavy atom. The Hall–Kier alpha value is -1.35. The van der Waals surface area contributed by atoms with Crippen molar-refractivity contribution in [3.05, 3.63) is 70.2 Å². The van der Waals surface area contributed by atoms with E-state index in [2.05, 4.69) is 58.4 Å². The summed E-state index contributed by atoms with van der Waals surface area (Å²) >= 11 is 12.1. The van der Waals surface area contributed by atoms with Crippen molar-refractivity contribution in [1.29, 1.82) is 0 Å². The van der Waals surface area contributed by atoms with Gasteiger partial charge in [0, 0.05) is 21.0 Å². The van der Waals surface area contributed by atoms with E-state index in [9.17, 15) is 0 Å². The summed E-state index contributed by atoms with van der Waals surface area (Å²) in [5.74, 6) is 0. The second kappa shape index (κ2) is 5.13. The van der Waals surface area contributed by atoms with Gasteiger partial charge in [0.1, 0.15) is 0 Å². The fraction of sp³-hybridized carbons (Fsp3) is 0. The van der Waals surface area contributed by atoms with Crippen LogP contribution in [-0.2, 0) is 0 Å². The smallest absolute Gasteiger partial charge is 0.0641 e. The number of fused-ring (bicyclic) bond motifs is 3. The monoisotopic (exact) mass is 372 g/mol. The number of thiophene rings is 1. The zero-order valence-corrected chi connectivity index (χ0v) is 14.1. The van der Waals surface area contributed by atoms with Gasteiger partial charge < -0.3 is 0 Å². The van der Waals surface area contributed by atoms with Crippen molar-refractivity contribution >= 4 is 59.0 Å². The molecule has 0 saturated carbocycles. The molecule has 0 aliphatic carbocycles. The van der Waals surface area contributed by atoms with E-state index in [1.807, 2.05) is 18.2 Å². The molecule has 0 saturated heterocycles. The molecular formula is C18H10BrClS. The summed E-state index contributed by atoms with van der Waals surface area (Å²) in [6.07, 6.45) is 0. The SMILES string of the molecule is Clc1c(-c2ccccc2)cc2c(sc3ccccc32)c1Br. The third-order valence-electron chi connectivity index (χ3n) is 3.64. The Labute approximate surface area is 140 Å². The van der Waals surface area contributed by atoms with Crippen LogP contribution < -0.4 is 0 Å². The Morgan fingerprint density at radius 1 is 0.857 bits per heavy atom. The molecule has 0 radical (unpaired) electrons. The molecule has 21 heavy (non-hydrogen) atoms. The Kier molecular flexibility index (Phi) is 3.26. The molecule has 0 N–H and O–H groups in total. The maximum Gasteiger partial charge on any atom is 0.0641 e. The summed E-state index contributed by atoms with van der Waals surface area (Å²) < 4.78 is 3.48. The second-order valence-electron chi connectivity index (χ2n) is 4.89. The second-order valence-corrected chi connectivity index (χ2v) is 7.12. The van der Waals surface area contributed by atoms with Gasteiger partial charge in [0.05, 0.1) is 14.2 Å². The minimum atomic E-state index is 0.778. The molecular weight excluding hydrogens is 364 g/mol. The van der Waals surface area contributed by atoms with Gasteiger partial charge in [-0.1, -0.05) is 60.1 Å². The molecule has 0 unspecified atom stereocenters. The summed E-state index contributed by atoms with van der Waals surface area (Å²) in [6.45, 7) is 0. The van der Waals surface area contributed by atoms with Gasteiger partial charge in [0.2, 0.25) is 0 Å². The van der Waals surface area contributed by atoms with Crippen molar-refractivity contribution in [3.8, 4) is 11.1 Å². The fourth-order valence-electron chi connectivity index (χ4n) is 2.63. The summed E-state index contributed by atoms with van der Waals surface area (Å²) in [6, 6.07) is 21.0. The van der Waals surface area contributed by atoms with Gasteiger partial charge in [0.15, 0.2) is 0 Å². The zero-order valence-electron chi connectivity index (χ0n) is 10.9. The van der Waals surface area contributed by atoms with Gasteiger partial charge in [-0.3, -0.25) is 0 Å². The minimum Gasteiger partial charge on any atom is -0.134 e. The van der Waals surface area contributed by atoms with E-state index >= 15 is 0 Å². The van der Waals surface area contributed by atoms with E-state index in [1.54, 1.807) is 11.3 Å². The maximum atomic E-state index is 6.59. The highest BCUT2D eigenvalue weighted by molar-refractivity contribution is 9.10. The molecule has 4 aromatic rings. The van der Waals surface area contributed by atoms with Crippen LogP contribution in [0.2, 0.25) is 5.02 Å². The lowest BCUT2D eigenvalue weighted by atomic mass is 10.0. The van der Waals surface area contributed by atoms with E-state index in [0.717, 1.165) is 20.6 Å². The van der Waals surface area contributed by atoms with Crippen LogP contribution in [0.25, 0.3) is 31.3 Å². The number of hydrogen-bond acceptors (Lipinski definition) is 1. The van der Waals surface area contributed by atoms with E-state index in [0.29, 0.717) is 0 Å². The molecule has 0 bridgehead atoms. The van der Waals surface area contributed by atoms with Crippen LogP contribution in [0, 0.1) is 0 Å². The Bertz CT molecular complexity index is 957. The van der Waals surface area contributed by atoms with Gasteiger partial charge in [0.25, 0.3) is 0 Å². The Balaban J connectivity index is 2.14. The summed E-state index contributed by atoms with van der Waals surface area (Å²) in [7, 11) is 0. The number of rotatable bonds is 1. The van der Waals surface area contributed by atoms with Gasteiger partial charge in [-0.05, 0) is 33.6 Å². The first-order chi connectivity index (χ1) is 10.3. The largest absolute Gasteiger partial charge is 0.134 e. The average molecular weight is 374 g/mol. The highest BCUT2D eigenvalue weighted by Gasteiger charge is 2.15. The first kappa shape index (κ1) is 13.3. The lowest BCUT2D eigenvalue weighted by Crippen LogP contribution is -1.81. The van der Waals surface area contributed by atoms with Crippen LogP contribution in [0.4, 0.5) is 0 Å². The first-order valence-corrected chi connectivity index (χ1v) is 8.59. The molecule has 4 rings (SSSR count). The third kappa shape index (κ3) is 2.10. The van der Waals surface area contributed by atoms with Crippen LogP contribution in [0.3, 0.4) is 0 Å². The van der Waals surface area contributed by atoms with Gasteiger partial charge in [-0.2, -0.15) is 0 Å². The quantitative estimate of drug-likeness (QED) is 0.332. The summed E-state index contributed by atoms with van der Waals surface area (Å²) in [5.41, 5.74) is 2.21. The predicted octanol–water partition coefficient (Wildman–Crippen LogP) is 7.14. The van der Waals surface area contributed by atoms with E-state index in [4.69, 9.17) is 11.6 Å². The van der Waals surface area contributed by atoms with Gasteiger partial charge in [-0.15, -0.1) is 11.3 Å². The highest BCUT2D eigenvalue weighted by Crippen LogP contribution is 2.45. The van der Waals surface area contributed by atoms with Crippen molar-refractivity contribution in [2.45, 2.75) is 0 Å². The fourth-order valence-corrected chi connectivity index (χ4v) is 4.73. The average Bonchev–Trinajstić information content (AvgIpc) is 2.90. The third-order valence-corrected chi connectivity index (χ3v) is 6.52. The van der Waals surface area contributed by atoms with Gasteiger partial charge in [-0.25, -0.2) is 0 Å². The normalized spacial score (nSPS) is 11.3. The van der Waals surface area contributed by atoms with Crippen LogP contribution in [0.1, 0.15) is 0 Å².